The second-order valence-electron chi connectivity index (χ2n) is 7.63. The van der Waals surface area contributed by atoms with Gasteiger partial charge in [-0.2, -0.15) is 0 Å². The number of imide groups is 1. The van der Waals surface area contributed by atoms with Crippen LogP contribution in [-0.4, -0.2) is 35.5 Å². The Morgan fingerprint density at radius 1 is 1.10 bits per heavy atom. The minimum absolute atomic E-state index is 0.236. The summed E-state index contributed by atoms with van der Waals surface area (Å²) in [6.45, 7) is 4.76. The monoisotopic (exact) mass is 477 g/mol. The topological polar surface area (TPSA) is 66.6 Å². The zero-order valence-corrected chi connectivity index (χ0v) is 19.0. The first kappa shape index (κ1) is 21.8. The smallest absolute Gasteiger partial charge is 0.330 e. The summed E-state index contributed by atoms with van der Waals surface area (Å²) in [6.07, 6.45) is 1.97. The minimum atomic E-state index is -0.976. The van der Waals surface area contributed by atoms with Gasteiger partial charge in [0.2, 0.25) is 0 Å². The zero-order valence-electron chi connectivity index (χ0n) is 16.6. The van der Waals surface area contributed by atoms with Crippen LogP contribution >= 0.6 is 27.5 Å². The number of rotatable bonds is 7. The molecule has 0 aromatic heterocycles. The van der Waals surface area contributed by atoms with Gasteiger partial charge in [-0.25, -0.2) is 9.69 Å². The van der Waals surface area contributed by atoms with Crippen molar-refractivity contribution in [2.24, 2.45) is 5.73 Å². The highest BCUT2D eigenvalue weighted by Crippen LogP contribution is 2.36. The van der Waals surface area contributed by atoms with Crippen molar-refractivity contribution in [3.63, 3.8) is 0 Å². The van der Waals surface area contributed by atoms with Gasteiger partial charge in [-0.15, -0.1) is 0 Å². The molecule has 0 aliphatic carbocycles. The van der Waals surface area contributed by atoms with Crippen LogP contribution in [0.15, 0.2) is 46.9 Å². The van der Waals surface area contributed by atoms with E-state index in [2.05, 4.69) is 15.9 Å². The number of hydrogen-bond acceptors (Lipinski definition) is 3. The molecule has 0 radical (unpaired) electrons. The predicted octanol–water partition coefficient (Wildman–Crippen LogP) is 4.92. The second kappa shape index (κ2) is 8.86. The van der Waals surface area contributed by atoms with Gasteiger partial charge in [0.1, 0.15) is 5.54 Å². The number of urea groups is 1. The molecule has 0 saturated carbocycles. The lowest BCUT2D eigenvalue weighted by Gasteiger charge is -2.32. The van der Waals surface area contributed by atoms with Crippen LogP contribution in [0.3, 0.4) is 0 Å². The predicted molar refractivity (Wildman–Crippen MR) is 120 cm³/mol. The van der Waals surface area contributed by atoms with Crippen LogP contribution in [0.2, 0.25) is 5.02 Å². The molecule has 0 spiro atoms. The van der Waals surface area contributed by atoms with E-state index >= 15 is 0 Å². The molecule has 7 heteroatoms. The molecule has 1 aliphatic rings. The number of nitrogens with two attached hydrogens (primary N) is 1. The summed E-state index contributed by atoms with van der Waals surface area (Å²) in [5.41, 5.74) is 7.05. The standard InChI is InChI=1S/C22H25BrClN3O2/c1-15-11-18(24)13-19(12-15)27-20(28)22(2,14-16-5-7-17(23)8-6-16)26(21(27)29)10-4-3-9-25/h5-8,11-13H,3-4,9-10,14,25H2,1-2H3. The zero-order chi connectivity index (χ0) is 21.2. The van der Waals surface area contributed by atoms with Crippen molar-refractivity contribution < 1.29 is 9.59 Å². The van der Waals surface area contributed by atoms with E-state index in [0.717, 1.165) is 28.4 Å². The fourth-order valence-electron chi connectivity index (χ4n) is 3.78. The molecule has 1 fully saturated rings. The largest absolute Gasteiger partial charge is 0.332 e. The van der Waals surface area contributed by atoms with Gasteiger partial charge in [0.25, 0.3) is 5.91 Å². The van der Waals surface area contributed by atoms with Crippen LogP contribution in [0.1, 0.15) is 30.9 Å². The summed E-state index contributed by atoms with van der Waals surface area (Å²) in [4.78, 5) is 29.9. The van der Waals surface area contributed by atoms with Gasteiger partial charge in [-0.1, -0.05) is 39.7 Å². The molecule has 3 rings (SSSR count). The Labute approximate surface area is 184 Å². The molecule has 1 heterocycles. The number of anilines is 1. The Bertz CT molecular complexity index is 899. The number of carbonyl (C=O) groups is 2. The summed E-state index contributed by atoms with van der Waals surface area (Å²) >= 11 is 9.63. The van der Waals surface area contributed by atoms with Gasteiger partial charge in [-0.3, -0.25) is 4.79 Å². The van der Waals surface area contributed by atoms with E-state index in [9.17, 15) is 9.59 Å². The van der Waals surface area contributed by atoms with Crippen molar-refractivity contribution in [3.05, 3.63) is 63.1 Å². The number of hydrogen-bond donors (Lipinski definition) is 1. The van der Waals surface area contributed by atoms with Gasteiger partial charge in [0.05, 0.1) is 5.69 Å². The maximum Gasteiger partial charge on any atom is 0.332 e. The molecule has 2 N–H and O–H groups in total. The molecular weight excluding hydrogens is 454 g/mol. The molecule has 1 atom stereocenters. The van der Waals surface area contributed by atoms with E-state index in [1.165, 1.54) is 4.90 Å². The van der Waals surface area contributed by atoms with Crippen molar-refractivity contribution in [1.82, 2.24) is 4.90 Å². The Hall–Kier alpha value is -1.89. The maximum absolute atomic E-state index is 13.6. The summed E-state index contributed by atoms with van der Waals surface area (Å²) in [6, 6.07) is 12.8. The molecular formula is C22H25BrClN3O2. The van der Waals surface area contributed by atoms with E-state index < -0.39 is 5.54 Å². The lowest BCUT2D eigenvalue weighted by molar-refractivity contribution is -0.124. The highest BCUT2D eigenvalue weighted by Gasteiger charge is 2.54. The van der Waals surface area contributed by atoms with E-state index in [0.29, 0.717) is 30.2 Å². The fourth-order valence-corrected chi connectivity index (χ4v) is 4.32. The van der Waals surface area contributed by atoms with Gasteiger partial charge < -0.3 is 10.6 Å². The van der Waals surface area contributed by atoms with Crippen molar-refractivity contribution in [2.75, 3.05) is 18.0 Å². The molecule has 29 heavy (non-hydrogen) atoms. The first-order valence-electron chi connectivity index (χ1n) is 9.64. The first-order valence-corrected chi connectivity index (χ1v) is 10.8. The van der Waals surface area contributed by atoms with Crippen molar-refractivity contribution in [1.29, 1.82) is 0 Å². The quantitative estimate of drug-likeness (QED) is 0.454. The van der Waals surface area contributed by atoms with Crippen molar-refractivity contribution in [2.45, 2.75) is 38.6 Å². The van der Waals surface area contributed by atoms with Crippen LogP contribution in [0.4, 0.5) is 10.5 Å². The summed E-state index contributed by atoms with van der Waals surface area (Å²) in [7, 11) is 0. The van der Waals surface area contributed by atoms with E-state index in [1.54, 1.807) is 17.0 Å². The molecule has 154 valence electrons. The van der Waals surface area contributed by atoms with E-state index in [4.69, 9.17) is 17.3 Å². The van der Waals surface area contributed by atoms with Crippen LogP contribution < -0.4 is 10.6 Å². The average molecular weight is 479 g/mol. The molecule has 1 saturated heterocycles. The highest BCUT2D eigenvalue weighted by molar-refractivity contribution is 9.10. The Kier molecular flexibility index (Phi) is 6.66. The van der Waals surface area contributed by atoms with Crippen LogP contribution in [0.25, 0.3) is 0 Å². The Morgan fingerprint density at radius 3 is 2.41 bits per heavy atom. The molecule has 1 unspecified atom stereocenters. The van der Waals surface area contributed by atoms with E-state index in [1.807, 2.05) is 44.2 Å². The average Bonchev–Trinajstić information content (AvgIpc) is 2.83. The summed E-state index contributed by atoms with van der Waals surface area (Å²) in [5, 5.41) is 0.497. The van der Waals surface area contributed by atoms with Gasteiger partial charge in [-0.05, 0) is 74.7 Å². The first-order chi connectivity index (χ1) is 13.8. The lowest BCUT2D eigenvalue weighted by atomic mass is 9.91. The number of nitrogens with zero attached hydrogens (tertiary/aromatic N) is 2. The maximum atomic E-state index is 13.6. The Balaban J connectivity index is 1.99. The van der Waals surface area contributed by atoms with Crippen LogP contribution in [0.5, 0.6) is 0 Å². The molecule has 1 aliphatic heterocycles. The normalized spacial score (nSPS) is 19.3. The third-order valence-electron chi connectivity index (χ3n) is 5.26. The molecule has 5 nitrogen and oxygen atoms in total. The third-order valence-corrected chi connectivity index (χ3v) is 6.01. The number of benzene rings is 2. The third kappa shape index (κ3) is 4.49. The number of aryl methyl sites for hydroxylation is 1. The van der Waals surface area contributed by atoms with Gasteiger partial charge >= 0.3 is 6.03 Å². The molecule has 3 amide bonds. The van der Waals surface area contributed by atoms with Crippen LogP contribution in [0, 0.1) is 6.92 Å². The van der Waals surface area contributed by atoms with Crippen LogP contribution in [-0.2, 0) is 11.2 Å². The fraction of sp³-hybridized carbons (Fsp3) is 0.364. The number of halogens is 2. The number of amides is 3. The van der Waals surface area contributed by atoms with Crippen molar-refractivity contribution >= 4 is 45.2 Å². The Morgan fingerprint density at radius 2 is 1.79 bits per heavy atom. The number of unbranched alkanes of at least 4 members (excludes halogenated alkanes) is 1. The summed E-state index contributed by atoms with van der Waals surface area (Å²) in [5.74, 6) is -0.236. The summed E-state index contributed by atoms with van der Waals surface area (Å²) < 4.78 is 0.969. The van der Waals surface area contributed by atoms with Gasteiger partial charge in [0, 0.05) is 22.5 Å². The lowest BCUT2D eigenvalue weighted by Crippen LogP contribution is -2.49. The number of carbonyl (C=O) groups excluding carboxylic acids is 2. The molecule has 2 aromatic rings. The highest BCUT2D eigenvalue weighted by atomic mass is 79.9. The van der Waals surface area contributed by atoms with E-state index in [-0.39, 0.29) is 11.9 Å². The minimum Gasteiger partial charge on any atom is -0.330 e. The second-order valence-corrected chi connectivity index (χ2v) is 8.99. The van der Waals surface area contributed by atoms with Gasteiger partial charge in [0.15, 0.2) is 0 Å². The van der Waals surface area contributed by atoms with Crippen molar-refractivity contribution in [3.8, 4) is 0 Å². The molecule has 2 aromatic carbocycles. The SMILES string of the molecule is Cc1cc(Cl)cc(N2C(=O)N(CCCCN)C(C)(Cc3ccc(Br)cc3)C2=O)c1. The molecule has 0 bridgehead atoms.